The van der Waals surface area contributed by atoms with Crippen molar-refractivity contribution < 1.29 is 10.2 Å². The number of hydrogen-bond donors (Lipinski definition) is 2. The molecular formula is C18H19ClO2. The molecule has 2 nitrogen and oxygen atoms in total. The van der Waals surface area contributed by atoms with Crippen LogP contribution >= 0.6 is 11.6 Å². The highest BCUT2D eigenvalue weighted by atomic mass is 35.5. The van der Waals surface area contributed by atoms with Crippen molar-refractivity contribution in [3.8, 4) is 23.7 Å². The number of aliphatic hydroxyl groups excluding tert-OH is 2. The van der Waals surface area contributed by atoms with Crippen LogP contribution < -0.4 is 0 Å². The Labute approximate surface area is 131 Å². The second-order valence-corrected chi connectivity index (χ2v) is 5.78. The van der Waals surface area contributed by atoms with Gasteiger partial charge in [0.05, 0.1) is 0 Å². The first kappa shape index (κ1) is 15.9. The van der Waals surface area contributed by atoms with Gasteiger partial charge in [0, 0.05) is 5.02 Å². The Morgan fingerprint density at radius 3 is 2.48 bits per heavy atom. The topological polar surface area (TPSA) is 40.5 Å². The van der Waals surface area contributed by atoms with E-state index < -0.39 is 12.2 Å². The number of halogens is 1. The van der Waals surface area contributed by atoms with E-state index in [4.69, 9.17) is 11.6 Å². The molecule has 0 aromatic heterocycles. The van der Waals surface area contributed by atoms with Gasteiger partial charge in [-0.25, -0.2) is 0 Å². The quantitative estimate of drug-likeness (QED) is 0.823. The summed E-state index contributed by atoms with van der Waals surface area (Å²) in [6.45, 7) is 0. The van der Waals surface area contributed by atoms with Gasteiger partial charge in [-0.2, -0.15) is 0 Å². The third-order valence-corrected chi connectivity index (χ3v) is 3.99. The van der Waals surface area contributed by atoms with E-state index >= 15 is 0 Å². The largest absolute Gasteiger partial charge is 0.380 e. The molecule has 1 aliphatic carbocycles. The Hall–Kier alpha value is -1.45. The predicted octanol–water partition coefficient (Wildman–Crippen LogP) is 3.32. The fourth-order valence-corrected chi connectivity index (χ4v) is 2.74. The minimum Gasteiger partial charge on any atom is -0.380 e. The molecule has 0 amide bonds. The van der Waals surface area contributed by atoms with E-state index in [1.165, 1.54) is 19.3 Å². The number of aliphatic hydroxyl groups is 2. The van der Waals surface area contributed by atoms with Gasteiger partial charge in [-0.3, -0.25) is 0 Å². The third-order valence-electron chi connectivity index (χ3n) is 3.75. The molecule has 0 spiro atoms. The van der Waals surface area contributed by atoms with Crippen LogP contribution in [-0.4, -0.2) is 16.3 Å². The molecule has 0 heterocycles. The summed E-state index contributed by atoms with van der Waals surface area (Å²) < 4.78 is 0. The summed E-state index contributed by atoms with van der Waals surface area (Å²) >= 11 is 5.86. The molecule has 2 unspecified atom stereocenters. The molecule has 110 valence electrons. The number of hydrogen-bond acceptors (Lipinski definition) is 2. The molecule has 1 fully saturated rings. The molecule has 1 saturated carbocycles. The van der Waals surface area contributed by atoms with Crippen LogP contribution in [0.2, 0.25) is 5.02 Å². The molecular weight excluding hydrogens is 284 g/mol. The molecule has 2 atom stereocenters. The van der Waals surface area contributed by atoms with Crippen LogP contribution in [-0.2, 0) is 0 Å². The highest BCUT2D eigenvalue weighted by Gasteiger charge is 2.19. The first-order valence-corrected chi connectivity index (χ1v) is 7.67. The van der Waals surface area contributed by atoms with Crippen LogP contribution in [0, 0.1) is 29.6 Å². The van der Waals surface area contributed by atoms with E-state index in [-0.39, 0.29) is 5.92 Å². The van der Waals surface area contributed by atoms with E-state index in [9.17, 15) is 10.2 Å². The lowest BCUT2D eigenvalue weighted by molar-refractivity contribution is 0.133. The zero-order valence-electron chi connectivity index (χ0n) is 11.8. The monoisotopic (exact) mass is 302 g/mol. The SMILES string of the molecule is OC(C#CC#CC(O)C1CCCCC1)c1cccc(Cl)c1. The van der Waals surface area contributed by atoms with Gasteiger partial charge in [-0.1, -0.05) is 54.8 Å². The fraction of sp³-hybridized carbons (Fsp3) is 0.444. The molecule has 0 saturated heterocycles. The lowest BCUT2D eigenvalue weighted by atomic mass is 9.85. The highest BCUT2D eigenvalue weighted by molar-refractivity contribution is 6.30. The number of benzene rings is 1. The van der Waals surface area contributed by atoms with E-state index in [0.29, 0.717) is 10.6 Å². The minimum atomic E-state index is -0.912. The van der Waals surface area contributed by atoms with Crippen LogP contribution in [0.1, 0.15) is 43.8 Å². The maximum absolute atomic E-state index is 9.97. The maximum Gasteiger partial charge on any atom is 0.141 e. The summed E-state index contributed by atoms with van der Waals surface area (Å²) in [4.78, 5) is 0. The van der Waals surface area contributed by atoms with E-state index in [1.807, 2.05) is 0 Å². The average molecular weight is 303 g/mol. The lowest BCUT2D eigenvalue weighted by Crippen LogP contribution is -2.20. The van der Waals surface area contributed by atoms with Gasteiger partial charge in [0.25, 0.3) is 0 Å². The minimum absolute atomic E-state index is 0.269. The Balaban J connectivity index is 1.92. The highest BCUT2D eigenvalue weighted by Crippen LogP contribution is 2.26. The Morgan fingerprint density at radius 1 is 1.05 bits per heavy atom. The smallest absolute Gasteiger partial charge is 0.141 e. The van der Waals surface area contributed by atoms with E-state index in [2.05, 4.69) is 23.7 Å². The first-order chi connectivity index (χ1) is 10.2. The van der Waals surface area contributed by atoms with Crippen molar-refractivity contribution in [3.05, 3.63) is 34.9 Å². The van der Waals surface area contributed by atoms with Gasteiger partial charge in [-0.15, -0.1) is 0 Å². The molecule has 3 heteroatoms. The molecule has 0 bridgehead atoms. The zero-order chi connectivity index (χ0) is 15.1. The third kappa shape index (κ3) is 5.10. The van der Waals surface area contributed by atoms with E-state index in [0.717, 1.165) is 12.8 Å². The molecule has 1 aromatic rings. The van der Waals surface area contributed by atoms with Gasteiger partial charge in [0.15, 0.2) is 0 Å². The van der Waals surface area contributed by atoms with Crippen molar-refractivity contribution in [2.45, 2.75) is 44.3 Å². The zero-order valence-corrected chi connectivity index (χ0v) is 12.6. The lowest BCUT2D eigenvalue weighted by Gasteiger charge is -2.22. The Kier molecular flexibility index (Phi) is 6.15. The van der Waals surface area contributed by atoms with Crippen LogP contribution in [0.5, 0.6) is 0 Å². The summed E-state index contributed by atoms with van der Waals surface area (Å²) in [5, 5.41) is 20.4. The standard InChI is InChI=1S/C18H19ClO2/c19-16-10-6-9-15(13-16)18(21)12-5-4-11-17(20)14-7-2-1-3-8-14/h6,9-10,13-14,17-18,20-21H,1-3,7-8H2. The number of rotatable bonds is 2. The Morgan fingerprint density at radius 2 is 1.76 bits per heavy atom. The molecule has 0 aliphatic heterocycles. The van der Waals surface area contributed by atoms with Gasteiger partial charge < -0.3 is 10.2 Å². The van der Waals surface area contributed by atoms with Crippen LogP contribution in [0.3, 0.4) is 0 Å². The van der Waals surface area contributed by atoms with Crippen LogP contribution in [0.4, 0.5) is 0 Å². The van der Waals surface area contributed by atoms with Gasteiger partial charge >= 0.3 is 0 Å². The summed E-state index contributed by atoms with van der Waals surface area (Å²) in [5.41, 5.74) is 0.643. The van der Waals surface area contributed by atoms with Crippen molar-refractivity contribution in [1.82, 2.24) is 0 Å². The molecule has 2 N–H and O–H groups in total. The molecule has 2 rings (SSSR count). The molecule has 0 radical (unpaired) electrons. The van der Waals surface area contributed by atoms with Crippen molar-refractivity contribution in [2.75, 3.05) is 0 Å². The van der Waals surface area contributed by atoms with Crippen LogP contribution in [0.25, 0.3) is 0 Å². The van der Waals surface area contributed by atoms with E-state index in [1.54, 1.807) is 24.3 Å². The van der Waals surface area contributed by atoms with Crippen molar-refractivity contribution >= 4 is 11.6 Å². The molecule has 21 heavy (non-hydrogen) atoms. The summed E-state index contributed by atoms with van der Waals surface area (Å²) in [7, 11) is 0. The van der Waals surface area contributed by atoms with Crippen LogP contribution in [0.15, 0.2) is 24.3 Å². The second-order valence-electron chi connectivity index (χ2n) is 5.34. The fourth-order valence-electron chi connectivity index (χ4n) is 2.54. The second kappa shape index (κ2) is 8.11. The summed E-state index contributed by atoms with van der Waals surface area (Å²) in [6, 6.07) is 6.94. The van der Waals surface area contributed by atoms with Gasteiger partial charge in [-0.05, 0) is 48.3 Å². The predicted molar refractivity (Wildman–Crippen MR) is 84.5 cm³/mol. The summed E-state index contributed by atoms with van der Waals surface area (Å²) in [5.74, 6) is 10.9. The normalized spacial score (nSPS) is 17.9. The van der Waals surface area contributed by atoms with Crippen molar-refractivity contribution in [1.29, 1.82) is 0 Å². The van der Waals surface area contributed by atoms with Crippen molar-refractivity contribution in [3.63, 3.8) is 0 Å². The average Bonchev–Trinajstić information content (AvgIpc) is 2.52. The summed E-state index contributed by atoms with van der Waals surface area (Å²) in [6.07, 6.45) is 4.14. The first-order valence-electron chi connectivity index (χ1n) is 7.29. The van der Waals surface area contributed by atoms with Gasteiger partial charge in [0.2, 0.25) is 0 Å². The Bertz CT molecular complexity index is 582. The van der Waals surface area contributed by atoms with Gasteiger partial charge in [0.1, 0.15) is 12.2 Å². The molecule has 1 aromatic carbocycles. The maximum atomic E-state index is 9.97. The molecule has 1 aliphatic rings. The van der Waals surface area contributed by atoms with Crippen molar-refractivity contribution in [2.24, 2.45) is 5.92 Å².